The third-order valence-electron chi connectivity index (χ3n) is 2.17. The molecular weight excluding hydrogens is 192 g/mol. The van der Waals surface area contributed by atoms with Gasteiger partial charge in [0.1, 0.15) is 6.29 Å². The van der Waals surface area contributed by atoms with E-state index < -0.39 is 5.97 Å². The van der Waals surface area contributed by atoms with Crippen LogP contribution in [0.1, 0.15) is 18.1 Å². The van der Waals surface area contributed by atoms with Crippen LogP contribution in [-0.2, 0) is 22.4 Å². The molecule has 3 heteroatoms. The number of carbonyl (C=O) groups is 2. The number of carboxylic acids is 1. The van der Waals surface area contributed by atoms with Crippen molar-refractivity contribution in [1.82, 2.24) is 0 Å². The molecule has 0 spiro atoms. The van der Waals surface area contributed by atoms with E-state index >= 15 is 0 Å². The van der Waals surface area contributed by atoms with Gasteiger partial charge in [-0.2, -0.15) is 0 Å². The van der Waals surface area contributed by atoms with E-state index in [1.807, 2.05) is 19.1 Å². The monoisotopic (exact) mass is 206 g/mol. The number of benzene rings is 1. The van der Waals surface area contributed by atoms with Crippen LogP contribution in [0.4, 0.5) is 0 Å². The van der Waals surface area contributed by atoms with Gasteiger partial charge in [0.15, 0.2) is 0 Å². The topological polar surface area (TPSA) is 54.4 Å². The van der Waals surface area contributed by atoms with Crippen molar-refractivity contribution in [2.24, 2.45) is 5.92 Å². The molecule has 3 nitrogen and oxygen atoms in total. The molecular formula is C12H14O3. The number of carbonyl (C=O) groups excluding carboxylic acids is 1. The summed E-state index contributed by atoms with van der Waals surface area (Å²) < 4.78 is 0. The third kappa shape index (κ3) is 3.94. The van der Waals surface area contributed by atoms with E-state index in [0.29, 0.717) is 6.42 Å². The van der Waals surface area contributed by atoms with E-state index in [1.165, 1.54) is 0 Å². The standard InChI is InChI=1S/C12H14O3/c1-9(8-13)6-10-2-4-11(5-3-10)7-12(14)15/h2-5,8-9H,6-7H2,1H3,(H,14,15). The van der Waals surface area contributed by atoms with Gasteiger partial charge in [0.05, 0.1) is 6.42 Å². The number of carboxylic acid groups (broad SMARTS) is 1. The molecule has 1 N–H and O–H groups in total. The van der Waals surface area contributed by atoms with Gasteiger partial charge in [0.2, 0.25) is 0 Å². The fraction of sp³-hybridized carbons (Fsp3) is 0.333. The van der Waals surface area contributed by atoms with E-state index in [-0.39, 0.29) is 12.3 Å². The molecule has 1 rings (SSSR count). The summed E-state index contributed by atoms with van der Waals surface area (Å²) in [4.78, 5) is 20.9. The third-order valence-corrected chi connectivity index (χ3v) is 2.17. The van der Waals surface area contributed by atoms with Crippen LogP contribution in [0.3, 0.4) is 0 Å². The lowest BCUT2D eigenvalue weighted by Gasteiger charge is -2.04. The van der Waals surface area contributed by atoms with Crippen molar-refractivity contribution in [1.29, 1.82) is 0 Å². The van der Waals surface area contributed by atoms with E-state index in [1.54, 1.807) is 12.1 Å². The molecule has 0 bridgehead atoms. The van der Waals surface area contributed by atoms with Gasteiger partial charge in [-0.15, -0.1) is 0 Å². The van der Waals surface area contributed by atoms with Crippen molar-refractivity contribution in [3.05, 3.63) is 35.4 Å². The Kier molecular flexibility index (Phi) is 4.03. The van der Waals surface area contributed by atoms with Crippen molar-refractivity contribution < 1.29 is 14.7 Å². The lowest BCUT2D eigenvalue weighted by Crippen LogP contribution is -2.02. The summed E-state index contributed by atoms with van der Waals surface area (Å²) in [5.74, 6) is -0.820. The SMILES string of the molecule is CC(C=O)Cc1ccc(CC(=O)O)cc1. The molecule has 0 amide bonds. The average Bonchev–Trinajstić information content (AvgIpc) is 2.20. The molecule has 0 saturated carbocycles. The van der Waals surface area contributed by atoms with E-state index in [4.69, 9.17) is 5.11 Å². The van der Waals surface area contributed by atoms with Crippen molar-refractivity contribution in [3.63, 3.8) is 0 Å². The van der Waals surface area contributed by atoms with E-state index in [9.17, 15) is 9.59 Å². The minimum Gasteiger partial charge on any atom is -0.481 e. The highest BCUT2D eigenvalue weighted by atomic mass is 16.4. The van der Waals surface area contributed by atoms with Crippen molar-refractivity contribution in [2.75, 3.05) is 0 Å². The molecule has 0 aliphatic rings. The number of hydrogen-bond donors (Lipinski definition) is 1. The predicted octanol–water partition coefficient (Wildman–Crippen LogP) is 1.69. The van der Waals surface area contributed by atoms with Crippen LogP contribution < -0.4 is 0 Å². The van der Waals surface area contributed by atoms with Gasteiger partial charge in [-0.25, -0.2) is 0 Å². The van der Waals surface area contributed by atoms with Crippen LogP contribution in [0.5, 0.6) is 0 Å². The van der Waals surface area contributed by atoms with Crippen molar-refractivity contribution >= 4 is 12.3 Å². The number of aldehydes is 1. The Balaban J connectivity index is 2.63. The van der Waals surface area contributed by atoms with Crippen LogP contribution in [0, 0.1) is 5.92 Å². The molecule has 1 aromatic carbocycles. The summed E-state index contributed by atoms with van der Waals surface area (Å²) in [7, 11) is 0. The summed E-state index contributed by atoms with van der Waals surface area (Å²) in [6, 6.07) is 7.33. The first-order valence-corrected chi connectivity index (χ1v) is 4.86. The fourth-order valence-electron chi connectivity index (χ4n) is 1.39. The summed E-state index contributed by atoms with van der Waals surface area (Å²) >= 11 is 0. The zero-order chi connectivity index (χ0) is 11.3. The molecule has 1 aromatic rings. The lowest BCUT2D eigenvalue weighted by molar-refractivity contribution is -0.136. The summed E-state index contributed by atoms with van der Waals surface area (Å²) in [6.45, 7) is 1.86. The smallest absolute Gasteiger partial charge is 0.307 e. The second-order valence-corrected chi connectivity index (χ2v) is 3.70. The Labute approximate surface area is 88.7 Å². The van der Waals surface area contributed by atoms with Crippen molar-refractivity contribution in [3.8, 4) is 0 Å². The van der Waals surface area contributed by atoms with E-state index in [2.05, 4.69) is 0 Å². The maximum absolute atomic E-state index is 10.4. The Morgan fingerprint density at radius 2 is 1.87 bits per heavy atom. The zero-order valence-corrected chi connectivity index (χ0v) is 8.64. The van der Waals surface area contributed by atoms with Gasteiger partial charge >= 0.3 is 5.97 Å². The first-order chi connectivity index (χ1) is 7.11. The van der Waals surface area contributed by atoms with Gasteiger partial charge in [-0.1, -0.05) is 31.2 Å². The summed E-state index contributed by atoms with van der Waals surface area (Å²) in [5, 5.41) is 8.57. The Morgan fingerprint density at radius 3 is 2.33 bits per heavy atom. The lowest BCUT2D eigenvalue weighted by atomic mass is 10.0. The largest absolute Gasteiger partial charge is 0.481 e. The van der Waals surface area contributed by atoms with Crippen molar-refractivity contribution in [2.45, 2.75) is 19.8 Å². The number of hydrogen-bond acceptors (Lipinski definition) is 2. The highest BCUT2D eigenvalue weighted by Gasteiger charge is 2.03. The molecule has 0 aromatic heterocycles. The average molecular weight is 206 g/mol. The van der Waals surface area contributed by atoms with Gasteiger partial charge < -0.3 is 9.90 Å². The Hall–Kier alpha value is -1.64. The summed E-state index contributed by atoms with van der Waals surface area (Å²) in [5.41, 5.74) is 1.84. The molecule has 0 heterocycles. The van der Waals surface area contributed by atoms with Crippen LogP contribution in [0.2, 0.25) is 0 Å². The first kappa shape index (κ1) is 11.4. The molecule has 0 fully saturated rings. The Bertz CT molecular complexity index is 340. The molecule has 0 aliphatic carbocycles. The molecule has 80 valence electrons. The second-order valence-electron chi connectivity index (χ2n) is 3.70. The Morgan fingerprint density at radius 1 is 1.33 bits per heavy atom. The van der Waals surface area contributed by atoms with Gasteiger partial charge in [0, 0.05) is 5.92 Å². The molecule has 0 aliphatic heterocycles. The first-order valence-electron chi connectivity index (χ1n) is 4.86. The van der Waals surface area contributed by atoms with E-state index in [0.717, 1.165) is 17.4 Å². The molecule has 1 unspecified atom stereocenters. The van der Waals surface area contributed by atoms with Gasteiger partial charge in [0.25, 0.3) is 0 Å². The molecule has 15 heavy (non-hydrogen) atoms. The highest BCUT2D eigenvalue weighted by molar-refractivity contribution is 5.70. The maximum atomic E-state index is 10.4. The number of aliphatic carboxylic acids is 1. The molecule has 0 saturated heterocycles. The highest BCUT2D eigenvalue weighted by Crippen LogP contribution is 2.09. The van der Waals surface area contributed by atoms with Crippen LogP contribution in [0.25, 0.3) is 0 Å². The zero-order valence-electron chi connectivity index (χ0n) is 8.64. The van der Waals surface area contributed by atoms with Crippen LogP contribution >= 0.6 is 0 Å². The number of rotatable bonds is 5. The maximum Gasteiger partial charge on any atom is 0.307 e. The normalized spacial score (nSPS) is 12.1. The minimum absolute atomic E-state index is 0.00956. The van der Waals surface area contributed by atoms with Gasteiger partial charge in [-0.3, -0.25) is 4.79 Å². The predicted molar refractivity (Wildman–Crippen MR) is 56.7 cm³/mol. The molecule has 1 atom stereocenters. The minimum atomic E-state index is -0.830. The molecule has 0 radical (unpaired) electrons. The van der Waals surface area contributed by atoms with Crippen LogP contribution in [0.15, 0.2) is 24.3 Å². The van der Waals surface area contributed by atoms with Gasteiger partial charge in [-0.05, 0) is 17.5 Å². The fourth-order valence-corrected chi connectivity index (χ4v) is 1.39. The quantitative estimate of drug-likeness (QED) is 0.746. The summed E-state index contributed by atoms with van der Waals surface area (Å²) in [6.07, 6.45) is 1.67. The van der Waals surface area contributed by atoms with Crippen LogP contribution in [-0.4, -0.2) is 17.4 Å². The second kappa shape index (κ2) is 5.29.